The molecule has 0 aliphatic rings. The predicted molar refractivity (Wildman–Crippen MR) is 171 cm³/mol. The minimum atomic E-state index is -4.23. The van der Waals surface area contributed by atoms with Gasteiger partial charge in [-0.1, -0.05) is 43.7 Å². The minimum Gasteiger partial charge on any atom is -0.497 e. The number of benzene rings is 3. The Kier molecular flexibility index (Phi) is 12.0. The van der Waals surface area contributed by atoms with E-state index in [-0.39, 0.29) is 29.1 Å². The third-order valence-corrected chi connectivity index (χ3v) is 9.23. The summed E-state index contributed by atoms with van der Waals surface area (Å²) in [6.45, 7) is 7.06. The molecule has 10 nitrogen and oxygen atoms in total. The highest BCUT2D eigenvalue weighted by Gasteiger charge is 2.34. The molecular formula is C33H43N3O7S. The average molecular weight is 626 g/mol. The van der Waals surface area contributed by atoms with Crippen molar-refractivity contribution < 1.29 is 32.2 Å². The van der Waals surface area contributed by atoms with Crippen molar-refractivity contribution in [2.45, 2.75) is 64.1 Å². The second kappa shape index (κ2) is 15.5. The lowest BCUT2D eigenvalue weighted by Crippen LogP contribution is -2.53. The lowest BCUT2D eigenvalue weighted by atomic mass is 10.1. The van der Waals surface area contributed by atoms with Crippen molar-refractivity contribution in [1.29, 1.82) is 0 Å². The Bertz CT molecular complexity index is 1510. The van der Waals surface area contributed by atoms with Gasteiger partial charge in [-0.05, 0) is 68.7 Å². The number of carbonyl (C=O) groups is 2. The zero-order valence-corrected chi connectivity index (χ0v) is 27.3. The van der Waals surface area contributed by atoms with E-state index in [1.165, 1.54) is 37.3 Å². The van der Waals surface area contributed by atoms with Crippen LogP contribution in [0.2, 0.25) is 0 Å². The van der Waals surface area contributed by atoms with Crippen LogP contribution in [0.5, 0.6) is 17.2 Å². The third kappa shape index (κ3) is 8.22. The molecule has 2 unspecified atom stereocenters. The number of amides is 2. The van der Waals surface area contributed by atoms with Gasteiger partial charge in [0.1, 0.15) is 18.3 Å². The first-order chi connectivity index (χ1) is 21.0. The quantitative estimate of drug-likeness (QED) is 0.255. The molecule has 0 aromatic heterocycles. The van der Waals surface area contributed by atoms with E-state index in [0.29, 0.717) is 23.7 Å². The van der Waals surface area contributed by atoms with Crippen molar-refractivity contribution in [2.75, 3.05) is 32.2 Å². The maximum atomic E-state index is 14.3. The highest BCUT2D eigenvalue weighted by atomic mass is 32.2. The van der Waals surface area contributed by atoms with Crippen LogP contribution in [-0.2, 0) is 26.2 Å². The average Bonchev–Trinajstić information content (AvgIpc) is 3.03. The van der Waals surface area contributed by atoms with E-state index in [1.54, 1.807) is 43.5 Å². The van der Waals surface area contributed by atoms with Crippen LogP contribution in [0.3, 0.4) is 0 Å². The van der Waals surface area contributed by atoms with Crippen molar-refractivity contribution in [3.05, 3.63) is 77.9 Å². The van der Waals surface area contributed by atoms with Gasteiger partial charge in [0.25, 0.3) is 10.0 Å². The molecule has 0 spiro atoms. The second-order valence-corrected chi connectivity index (χ2v) is 12.3. The first-order valence-electron chi connectivity index (χ1n) is 14.5. The Morgan fingerprint density at radius 2 is 1.48 bits per heavy atom. The van der Waals surface area contributed by atoms with E-state index in [4.69, 9.17) is 14.2 Å². The van der Waals surface area contributed by atoms with Gasteiger partial charge >= 0.3 is 0 Å². The van der Waals surface area contributed by atoms with Gasteiger partial charge in [-0.25, -0.2) is 8.42 Å². The van der Waals surface area contributed by atoms with E-state index in [2.05, 4.69) is 5.32 Å². The summed E-state index contributed by atoms with van der Waals surface area (Å²) in [5, 5.41) is 2.98. The molecule has 1 N–H and O–H groups in total. The lowest BCUT2D eigenvalue weighted by Gasteiger charge is -2.34. The molecule has 2 amide bonds. The van der Waals surface area contributed by atoms with Gasteiger partial charge in [-0.15, -0.1) is 0 Å². The fourth-order valence-corrected chi connectivity index (χ4v) is 6.04. The zero-order chi connectivity index (χ0) is 32.4. The number of rotatable bonds is 15. The summed E-state index contributed by atoms with van der Waals surface area (Å²) in [5.74, 6) is 0.511. The number of carbonyl (C=O) groups excluding carboxylic acids is 2. The lowest BCUT2D eigenvalue weighted by molar-refractivity contribution is -0.140. The minimum absolute atomic E-state index is 0.0222. The van der Waals surface area contributed by atoms with Crippen molar-refractivity contribution >= 4 is 27.5 Å². The predicted octanol–water partition coefficient (Wildman–Crippen LogP) is 4.94. The van der Waals surface area contributed by atoms with E-state index >= 15 is 0 Å². The molecule has 0 heterocycles. The van der Waals surface area contributed by atoms with Crippen molar-refractivity contribution in [3.8, 4) is 17.2 Å². The first-order valence-corrected chi connectivity index (χ1v) is 16.0. The summed E-state index contributed by atoms with van der Waals surface area (Å²) in [6.07, 6.45) is 1.04. The molecule has 11 heteroatoms. The summed E-state index contributed by atoms with van der Waals surface area (Å²) >= 11 is 0. The standard InChI is InChI=1S/C33H43N3O7S/c1-8-24(4)34-33(38)29(9-2)35(21-25-12-15-27(41-5)16-13-25)32(37)22-36(26-14-19-30(42-6)31(20-26)43-7)44(39,40)28-17-10-23(3)11-18-28/h10-20,24,29H,8-9,21-22H2,1-7H3,(H,34,38). The van der Waals surface area contributed by atoms with Gasteiger partial charge in [0.05, 0.1) is 31.9 Å². The van der Waals surface area contributed by atoms with Gasteiger partial charge in [-0.3, -0.25) is 13.9 Å². The highest BCUT2D eigenvalue weighted by molar-refractivity contribution is 7.92. The number of hydrogen-bond acceptors (Lipinski definition) is 7. The molecule has 0 radical (unpaired) electrons. The molecule has 0 bridgehead atoms. The van der Waals surface area contributed by atoms with Crippen LogP contribution in [0.1, 0.15) is 44.7 Å². The van der Waals surface area contributed by atoms with Crippen LogP contribution in [0.25, 0.3) is 0 Å². The maximum Gasteiger partial charge on any atom is 0.264 e. The van der Waals surface area contributed by atoms with Crippen LogP contribution in [0.15, 0.2) is 71.6 Å². The zero-order valence-electron chi connectivity index (χ0n) is 26.5. The molecule has 2 atom stereocenters. The smallest absolute Gasteiger partial charge is 0.264 e. The number of aryl methyl sites for hydroxylation is 1. The van der Waals surface area contributed by atoms with E-state index in [1.807, 2.05) is 39.8 Å². The summed E-state index contributed by atoms with van der Waals surface area (Å²) in [7, 11) is 0.264. The molecule has 0 saturated heterocycles. The van der Waals surface area contributed by atoms with Gasteiger partial charge < -0.3 is 24.4 Å². The maximum absolute atomic E-state index is 14.3. The SMILES string of the molecule is CCC(C)NC(=O)C(CC)N(Cc1ccc(OC)cc1)C(=O)CN(c1ccc(OC)c(OC)c1)S(=O)(=O)c1ccc(C)cc1. The number of methoxy groups -OCH3 is 3. The second-order valence-electron chi connectivity index (χ2n) is 10.5. The Morgan fingerprint density at radius 1 is 0.841 bits per heavy atom. The largest absolute Gasteiger partial charge is 0.497 e. The van der Waals surface area contributed by atoms with E-state index in [9.17, 15) is 18.0 Å². The Morgan fingerprint density at radius 3 is 2.02 bits per heavy atom. The molecule has 0 fully saturated rings. The number of sulfonamides is 1. The fourth-order valence-electron chi connectivity index (χ4n) is 4.63. The topological polar surface area (TPSA) is 114 Å². The molecule has 3 aromatic carbocycles. The van der Waals surface area contributed by atoms with Crippen molar-refractivity contribution in [1.82, 2.24) is 10.2 Å². The summed E-state index contributed by atoms with van der Waals surface area (Å²) in [4.78, 5) is 29.2. The van der Waals surface area contributed by atoms with E-state index < -0.39 is 28.5 Å². The van der Waals surface area contributed by atoms with Crippen molar-refractivity contribution in [2.24, 2.45) is 0 Å². The number of anilines is 1. The van der Waals surface area contributed by atoms with Gasteiger partial charge in [0.15, 0.2) is 11.5 Å². The molecule has 0 aliphatic heterocycles. The first kappa shape index (κ1) is 34.2. The van der Waals surface area contributed by atoms with Crippen LogP contribution in [0, 0.1) is 6.92 Å². The van der Waals surface area contributed by atoms with E-state index in [0.717, 1.165) is 21.9 Å². The monoisotopic (exact) mass is 625 g/mol. The summed E-state index contributed by atoms with van der Waals surface area (Å²) < 4.78 is 45.4. The third-order valence-electron chi connectivity index (χ3n) is 7.44. The van der Waals surface area contributed by atoms with Gasteiger partial charge in [-0.2, -0.15) is 0 Å². The Labute approximate surface area is 261 Å². The van der Waals surface area contributed by atoms with Crippen LogP contribution in [-0.4, -0.2) is 65.1 Å². The molecule has 3 rings (SSSR count). The molecular weight excluding hydrogens is 582 g/mol. The van der Waals surface area contributed by atoms with Gasteiger partial charge in [0.2, 0.25) is 11.8 Å². The Balaban J connectivity index is 2.11. The van der Waals surface area contributed by atoms with Crippen LogP contribution >= 0.6 is 0 Å². The number of nitrogens with zero attached hydrogens (tertiary/aromatic N) is 2. The number of nitrogens with one attached hydrogen (secondary N) is 1. The number of hydrogen-bond donors (Lipinski definition) is 1. The highest BCUT2D eigenvalue weighted by Crippen LogP contribution is 2.34. The van der Waals surface area contributed by atoms with Crippen LogP contribution in [0.4, 0.5) is 5.69 Å². The molecule has 44 heavy (non-hydrogen) atoms. The fraction of sp³-hybridized carbons (Fsp3) is 0.394. The molecule has 0 saturated carbocycles. The Hall–Kier alpha value is -4.25. The summed E-state index contributed by atoms with van der Waals surface area (Å²) in [6, 6.07) is 17.3. The molecule has 3 aromatic rings. The van der Waals surface area contributed by atoms with Crippen LogP contribution < -0.4 is 23.8 Å². The summed E-state index contributed by atoms with van der Waals surface area (Å²) in [5.41, 5.74) is 1.85. The van der Waals surface area contributed by atoms with Gasteiger partial charge in [0, 0.05) is 18.7 Å². The normalized spacial score (nSPS) is 12.5. The van der Waals surface area contributed by atoms with Crippen molar-refractivity contribution in [3.63, 3.8) is 0 Å². The number of ether oxygens (including phenoxy) is 3. The molecule has 0 aliphatic carbocycles. The molecule has 238 valence electrons.